The second kappa shape index (κ2) is 9.80. The maximum atomic E-state index is 13.3. The van der Waals surface area contributed by atoms with Gasteiger partial charge in [0.15, 0.2) is 0 Å². The van der Waals surface area contributed by atoms with Crippen LogP contribution in [0.1, 0.15) is 24.1 Å². The monoisotopic (exact) mass is 444 g/mol. The Kier molecular flexibility index (Phi) is 7.14. The number of amides is 1. The molecule has 3 rings (SSSR count). The van der Waals surface area contributed by atoms with Crippen molar-refractivity contribution in [1.82, 2.24) is 9.62 Å². The molecule has 0 saturated carbocycles. The Labute approximate surface area is 180 Å². The molecule has 0 heterocycles. The third kappa shape index (κ3) is 5.96. The lowest BCUT2D eigenvalue weighted by Crippen LogP contribution is -2.41. The van der Waals surface area contributed by atoms with Gasteiger partial charge in [0, 0.05) is 6.54 Å². The molecule has 0 fully saturated rings. The van der Waals surface area contributed by atoms with Crippen molar-refractivity contribution in [1.29, 1.82) is 0 Å². The molecule has 162 valence electrons. The molecule has 1 N–H and O–H groups in total. The van der Waals surface area contributed by atoms with Crippen LogP contribution in [0.3, 0.4) is 0 Å². The van der Waals surface area contributed by atoms with Gasteiger partial charge in [-0.3, -0.25) is 4.79 Å². The molecule has 0 saturated heterocycles. The van der Waals surface area contributed by atoms with Crippen LogP contribution < -0.4 is 5.32 Å². The van der Waals surface area contributed by atoms with E-state index in [1.54, 1.807) is 49.4 Å². The van der Waals surface area contributed by atoms with Crippen LogP contribution >= 0.6 is 0 Å². The minimum absolute atomic E-state index is 0.0289. The van der Waals surface area contributed by atoms with Crippen LogP contribution in [-0.4, -0.2) is 25.2 Å². The first-order valence-electron chi connectivity index (χ1n) is 9.60. The third-order valence-corrected chi connectivity index (χ3v) is 6.53. The average molecular weight is 445 g/mol. The number of hydrogen-bond acceptors (Lipinski definition) is 3. The van der Waals surface area contributed by atoms with Gasteiger partial charge < -0.3 is 5.32 Å². The third-order valence-electron chi connectivity index (χ3n) is 4.72. The van der Waals surface area contributed by atoms with Crippen LogP contribution in [0.5, 0.6) is 0 Å². The van der Waals surface area contributed by atoms with Crippen LogP contribution in [0.2, 0.25) is 0 Å². The molecule has 0 aliphatic heterocycles. The number of hydrogen-bond donors (Lipinski definition) is 1. The number of halogens is 2. The van der Waals surface area contributed by atoms with Crippen molar-refractivity contribution in [3.63, 3.8) is 0 Å². The second-order valence-corrected chi connectivity index (χ2v) is 8.99. The van der Waals surface area contributed by atoms with Crippen molar-refractivity contribution in [3.8, 4) is 0 Å². The molecule has 31 heavy (non-hydrogen) atoms. The number of benzene rings is 3. The summed E-state index contributed by atoms with van der Waals surface area (Å²) in [5, 5.41) is 2.74. The summed E-state index contributed by atoms with van der Waals surface area (Å²) in [6, 6.07) is 18.6. The topological polar surface area (TPSA) is 66.5 Å². The van der Waals surface area contributed by atoms with E-state index in [-0.39, 0.29) is 17.3 Å². The van der Waals surface area contributed by atoms with Crippen molar-refractivity contribution >= 4 is 15.9 Å². The first-order valence-corrected chi connectivity index (χ1v) is 11.0. The zero-order chi connectivity index (χ0) is 22.4. The average Bonchev–Trinajstić information content (AvgIpc) is 2.74. The van der Waals surface area contributed by atoms with Gasteiger partial charge in [-0.1, -0.05) is 42.5 Å². The Morgan fingerprint density at radius 3 is 2.03 bits per heavy atom. The smallest absolute Gasteiger partial charge is 0.243 e. The molecule has 1 atom stereocenters. The first-order chi connectivity index (χ1) is 14.8. The second-order valence-electron chi connectivity index (χ2n) is 7.05. The van der Waals surface area contributed by atoms with E-state index in [4.69, 9.17) is 0 Å². The standard InChI is InChI=1S/C23H22F2N2O3S/c1-17(19-7-9-20(24)10-8-19)26-23(28)16-27(15-18-5-3-2-4-6-18)31(29,30)22-13-11-21(25)12-14-22/h2-14,17H,15-16H2,1H3,(H,26,28)/t17-/m0/s1. The minimum atomic E-state index is -4.06. The number of sulfonamides is 1. The summed E-state index contributed by atoms with van der Waals surface area (Å²) in [7, 11) is -4.06. The van der Waals surface area contributed by atoms with Crippen molar-refractivity contribution in [3.05, 3.63) is 102 Å². The highest BCUT2D eigenvalue weighted by molar-refractivity contribution is 7.89. The molecular weight excluding hydrogens is 422 g/mol. The van der Waals surface area contributed by atoms with Gasteiger partial charge in [0.25, 0.3) is 0 Å². The van der Waals surface area contributed by atoms with Gasteiger partial charge in [0.1, 0.15) is 11.6 Å². The van der Waals surface area contributed by atoms with Gasteiger partial charge in [0.2, 0.25) is 15.9 Å². The number of carbonyl (C=O) groups is 1. The van der Waals surface area contributed by atoms with Gasteiger partial charge >= 0.3 is 0 Å². The summed E-state index contributed by atoms with van der Waals surface area (Å²) >= 11 is 0. The first kappa shape index (κ1) is 22.6. The molecule has 3 aromatic carbocycles. The molecular formula is C23H22F2N2O3S. The molecule has 0 radical (unpaired) electrons. The molecule has 3 aromatic rings. The number of nitrogens with zero attached hydrogens (tertiary/aromatic N) is 1. The van der Waals surface area contributed by atoms with E-state index in [0.717, 1.165) is 16.4 Å². The van der Waals surface area contributed by atoms with Gasteiger partial charge in [-0.2, -0.15) is 4.31 Å². The van der Waals surface area contributed by atoms with Gasteiger partial charge in [-0.15, -0.1) is 0 Å². The highest BCUT2D eigenvalue weighted by Crippen LogP contribution is 2.19. The molecule has 0 aromatic heterocycles. The summed E-state index contributed by atoms with van der Waals surface area (Å²) in [4.78, 5) is 12.6. The normalized spacial score (nSPS) is 12.5. The fraction of sp³-hybridized carbons (Fsp3) is 0.174. The van der Waals surface area contributed by atoms with Crippen molar-refractivity contribution < 1.29 is 22.0 Å². The van der Waals surface area contributed by atoms with E-state index in [1.165, 1.54) is 24.3 Å². The summed E-state index contributed by atoms with van der Waals surface area (Å²) < 4.78 is 53.8. The van der Waals surface area contributed by atoms with E-state index >= 15 is 0 Å². The Morgan fingerprint density at radius 1 is 0.903 bits per heavy atom. The fourth-order valence-corrected chi connectivity index (χ4v) is 4.44. The summed E-state index contributed by atoms with van der Waals surface area (Å²) in [5.74, 6) is -1.46. The molecule has 0 unspecified atom stereocenters. The zero-order valence-corrected chi connectivity index (χ0v) is 17.6. The molecule has 0 aliphatic carbocycles. The predicted octanol–water partition coefficient (Wildman–Crippen LogP) is 4.03. The highest BCUT2D eigenvalue weighted by atomic mass is 32.2. The van der Waals surface area contributed by atoms with Crippen molar-refractivity contribution in [2.45, 2.75) is 24.4 Å². The van der Waals surface area contributed by atoms with Crippen molar-refractivity contribution in [2.24, 2.45) is 0 Å². The van der Waals surface area contributed by atoms with E-state index in [2.05, 4.69) is 5.32 Å². The number of rotatable bonds is 8. The molecule has 8 heteroatoms. The molecule has 0 aliphatic rings. The van der Waals surface area contributed by atoms with Crippen molar-refractivity contribution in [2.75, 3.05) is 6.54 Å². The molecule has 5 nitrogen and oxygen atoms in total. The quantitative estimate of drug-likeness (QED) is 0.570. The van der Waals surface area contributed by atoms with E-state index in [9.17, 15) is 22.0 Å². The maximum Gasteiger partial charge on any atom is 0.243 e. The Balaban J connectivity index is 1.81. The SMILES string of the molecule is C[C@H](NC(=O)CN(Cc1ccccc1)S(=O)(=O)c1ccc(F)cc1)c1ccc(F)cc1. The van der Waals surface area contributed by atoms with Crippen LogP contribution in [0.25, 0.3) is 0 Å². The predicted molar refractivity (Wildman–Crippen MR) is 113 cm³/mol. The molecule has 0 bridgehead atoms. The maximum absolute atomic E-state index is 13.3. The van der Waals surface area contributed by atoms with E-state index in [1.807, 2.05) is 0 Å². The lowest BCUT2D eigenvalue weighted by atomic mass is 10.1. The lowest BCUT2D eigenvalue weighted by Gasteiger charge is -2.23. The molecule has 0 spiro atoms. The van der Waals surface area contributed by atoms with E-state index < -0.39 is 34.3 Å². The zero-order valence-electron chi connectivity index (χ0n) is 16.8. The van der Waals surface area contributed by atoms with Crippen LogP contribution in [-0.2, 0) is 21.4 Å². The highest BCUT2D eigenvalue weighted by Gasteiger charge is 2.27. The van der Waals surface area contributed by atoms with Gasteiger partial charge in [-0.05, 0) is 54.4 Å². The van der Waals surface area contributed by atoms with Crippen LogP contribution in [0.15, 0.2) is 83.8 Å². The summed E-state index contributed by atoms with van der Waals surface area (Å²) in [6.07, 6.45) is 0. The largest absolute Gasteiger partial charge is 0.348 e. The Morgan fingerprint density at radius 2 is 1.45 bits per heavy atom. The number of nitrogens with one attached hydrogen (secondary N) is 1. The summed E-state index contributed by atoms with van der Waals surface area (Å²) in [5.41, 5.74) is 1.39. The number of carbonyl (C=O) groups excluding carboxylic acids is 1. The van der Waals surface area contributed by atoms with Crippen LogP contribution in [0.4, 0.5) is 8.78 Å². The fourth-order valence-electron chi connectivity index (χ4n) is 3.05. The van der Waals surface area contributed by atoms with Crippen LogP contribution in [0, 0.1) is 11.6 Å². The van der Waals surface area contributed by atoms with E-state index in [0.29, 0.717) is 11.1 Å². The Bertz CT molecular complexity index is 1120. The molecule has 1 amide bonds. The minimum Gasteiger partial charge on any atom is -0.348 e. The van der Waals surface area contributed by atoms with Gasteiger partial charge in [0.05, 0.1) is 17.5 Å². The summed E-state index contributed by atoms with van der Waals surface area (Å²) in [6.45, 7) is 1.26. The lowest BCUT2D eigenvalue weighted by molar-refractivity contribution is -0.122. The Hall–Kier alpha value is -3.10. The van der Waals surface area contributed by atoms with Gasteiger partial charge in [-0.25, -0.2) is 17.2 Å².